The van der Waals surface area contributed by atoms with Crippen molar-refractivity contribution in [3.63, 3.8) is 0 Å². The van der Waals surface area contributed by atoms with Crippen LogP contribution in [0.2, 0.25) is 0 Å². The van der Waals surface area contributed by atoms with Crippen molar-refractivity contribution in [1.82, 2.24) is 29.1 Å². The zero-order chi connectivity index (χ0) is 27.0. The van der Waals surface area contributed by atoms with E-state index in [9.17, 15) is 14.7 Å². The summed E-state index contributed by atoms with van der Waals surface area (Å²) < 4.78 is 3.14. The van der Waals surface area contributed by atoms with Gasteiger partial charge in [0.05, 0.1) is 30.1 Å². The van der Waals surface area contributed by atoms with Crippen LogP contribution >= 0.6 is 0 Å². The number of nitrogens with zero attached hydrogens (tertiary/aromatic N) is 7. The fourth-order valence-corrected chi connectivity index (χ4v) is 6.05. The molecule has 0 radical (unpaired) electrons. The van der Waals surface area contributed by atoms with Crippen molar-refractivity contribution in [2.75, 3.05) is 26.2 Å². The minimum atomic E-state index is -1.05. The molecule has 1 amide bonds. The maximum atomic E-state index is 13.3. The topological polar surface area (TPSA) is 120 Å². The number of fused-ring (bicyclic) bond motifs is 1. The molecular weight excluding hydrogens is 494 g/mol. The third kappa shape index (κ3) is 5.47. The number of carbonyl (C=O) groups is 1. The minimum absolute atomic E-state index is 0.145. The average Bonchev–Trinajstić information content (AvgIpc) is 3.70. The van der Waals surface area contributed by atoms with Gasteiger partial charge in [-0.3, -0.25) is 19.1 Å². The van der Waals surface area contributed by atoms with Crippen molar-refractivity contribution in [2.45, 2.75) is 63.6 Å². The second-order valence-corrected chi connectivity index (χ2v) is 11.6. The van der Waals surface area contributed by atoms with Crippen molar-refractivity contribution in [2.24, 2.45) is 11.8 Å². The van der Waals surface area contributed by atoms with Crippen LogP contribution < -0.4 is 5.56 Å². The van der Waals surface area contributed by atoms with Gasteiger partial charge in [-0.05, 0) is 68.7 Å². The molecule has 2 aliphatic heterocycles. The number of piperidine rings is 2. The number of hydrogen-bond acceptors (Lipinski definition) is 7. The zero-order valence-electron chi connectivity index (χ0n) is 22.2. The molecule has 6 rings (SSSR count). The molecule has 1 aliphatic carbocycles. The Morgan fingerprint density at radius 2 is 1.90 bits per heavy atom. The second kappa shape index (κ2) is 10.5. The van der Waals surface area contributed by atoms with Crippen LogP contribution in [0.5, 0.6) is 0 Å². The number of hydrogen-bond donors (Lipinski definition) is 1. The standard InChI is InChI=1S/C29H35N7O3/c30-12-9-21-2-1-13-33(17-21)18-22-3-7-24(8-4-22)36-26-25(16-32-36)28(38)35(20-31-26)19-29(39)10-14-34(15-11-29)27(37)23-5-6-23/h3-4,7-8,16,20-21,23,39H,1-2,5-6,9-11,13-15,17-19H2. The minimum Gasteiger partial charge on any atom is -0.388 e. The molecule has 3 fully saturated rings. The lowest BCUT2D eigenvalue weighted by Gasteiger charge is -2.38. The highest BCUT2D eigenvalue weighted by Gasteiger charge is 2.39. The van der Waals surface area contributed by atoms with Gasteiger partial charge in [-0.2, -0.15) is 10.4 Å². The van der Waals surface area contributed by atoms with E-state index in [2.05, 4.69) is 33.2 Å². The van der Waals surface area contributed by atoms with Gasteiger partial charge in [0, 0.05) is 38.5 Å². The summed E-state index contributed by atoms with van der Waals surface area (Å²) in [6.07, 6.45) is 8.74. The number of aliphatic hydroxyl groups is 1. The summed E-state index contributed by atoms with van der Waals surface area (Å²) in [6.45, 7) is 4.04. The number of likely N-dealkylation sites (tertiary alicyclic amines) is 2. The van der Waals surface area contributed by atoms with Gasteiger partial charge in [0.2, 0.25) is 5.91 Å². The van der Waals surface area contributed by atoms with Gasteiger partial charge in [-0.15, -0.1) is 0 Å². The first-order chi connectivity index (χ1) is 18.9. The smallest absolute Gasteiger partial charge is 0.264 e. The molecule has 10 nitrogen and oxygen atoms in total. The molecule has 0 bridgehead atoms. The van der Waals surface area contributed by atoms with Crippen LogP contribution in [0.15, 0.2) is 41.6 Å². The quantitative estimate of drug-likeness (QED) is 0.499. The first kappa shape index (κ1) is 25.7. The molecule has 39 heavy (non-hydrogen) atoms. The molecule has 10 heteroatoms. The summed E-state index contributed by atoms with van der Waals surface area (Å²) in [4.78, 5) is 34.4. The van der Waals surface area contributed by atoms with E-state index in [1.807, 2.05) is 17.0 Å². The summed E-state index contributed by atoms with van der Waals surface area (Å²) in [5.74, 6) is 0.836. The van der Waals surface area contributed by atoms with Gasteiger partial charge in [0.25, 0.3) is 5.56 Å². The largest absolute Gasteiger partial charge is 0.388 e. The fraction of sp³-hybridized carbons (Fsp3) is 0.552. The number of aromatic nitrogens is 4. The van der Waals surface area contributed by atoms with Gasteiger partial charge >= 0.3 is 0 Å². The third-order valence-electron chi connectivity index (χ3n) is 8.52. The molecule has 4 heterocycles. The first-order valence-electron chi connectivity index (χ1n) is 14.1. The SMILES string of the molecule is N#CCC1CCCN(Cc2ccc(-n3ncc4c(=O)n(CC5(O)CCN(C(=O)C6CC6)CC5)cnc43)cc2)C1. The molecule has 1 atom stereocenters. The fourth-order valence-electron chi connectivity index (χ4n) is 6.05. The van der Waals surface area contributed by atoms with E-state index in [-0.39, 0.29) is 23.9 Å². The Kier molecular flexibility index (Phi) is 6.95. The molecule has 3 aliphatic rings. The van der Waals surface area contributed by atoms with Gasteiger partial charge in [-0.1, -0.05) is 12.1 Å². The predicted octanol–water partition coefficient (Wildman–Crippen LogP) is 2.47. The van der Waals surface area contributed by atoms with Crippen LogP contribution in [0.3, 0.4) is 0 Å². The maximum Gasteiger partial charge on any atom is 0.264 e. The van der Waals surface area contributed by atoms with Gasteiger partial charge in [0.1, 0.15) is 11.7 Å². The highest BCUT2D eigenvalue weighted by Crippen LogP contribution is 2.33. The van der Waals surface area contributed by atoms with E-state index in [0.717, 1.165) is 51.0 Å². The van der Waals surface area contributed by atoms with Crippen molar-refractivity contribution < 1.29 is 9.90 Å². The lowest BCUT2D eigenvalue weighted by Crippen LogP contribution is -2.50. The summed E-state index contributed by atoms with van der Waals surface area (Å²) in [7, 11) is 0. The summed E-state index contributed by atoms with van der Waals surface area (Å²) in [5.41, 5.74) is 1.22. The van der Waals surface area contributed by atoms with Crippen LogP contribution in [-0.4, -0.2) is 71.9 Å². The number of amides is 1. The van der Waals surface area contributed by atoms with Crippen molar-refractivity contribution >= 4 is 16.9 Å². The molecule has 204 valence electrons. The Morgan fingerprint density at radius 1 is 1.13 bits per heavy atom. The lowest BCUT2D eigenvalue weighted by atomic mass is 9.91. The summed E-state index contributed by atoms with van der Waals surface area (Å²) in [5, 5.41) is 25.1. The summed E-state index contributed by atoms with van der Waals surface area (Å²) in [6, 6.07) is 10.4. The van der Waals surface area contributed by atoms with Crippen LogP contribution in [-0.2, 0) is 17.9 Å². The van der Waals surface area contributed by atoms with Crippen molar-refractivity contribution in [3.8, 4) is 11.8 Å². The molecule has 1 N–H and O–H groups in total. The van der Waals surface area contributed by atoms with Crippen LogP contribution in [0.25, 0.3) is 16.7 Å². The Bertz CT molecular complexity index is 1440. The molecule has 1 saturated carbocycles. The van der Waals surface area contributed by atoms with E-state index in [1.54, 1.807) is 10.9 Å². The normalized spacial score (nSPS) is 21.6. The molecule has 1 unspecified atom stereocenters. The lowest BCUT2D eigenvalue weighted by molar-refractivity contribution is -0.137. The van der Waals surface area contributed by atoms with Crippen LogP contribution in [0, 0.1) is 23.2 Å². The van der Waals surface area contributed by atoms with E-state index < -0.39 is 5.60 Å². The first-order valence-corrected chi connectivity index (χ1v) is 14.1. The number of carbonyl (C=O) groups excluding carboxylic acids is 1. The van der Waals surface area contributed by atoms with E-state index >= 15 is 0 Å². The third-order valence-corrected chi connectivity index (χ3v) is 8.52. The highest BCUT2D eigenvalue weighted by molar-refractivity contribution is 5.81. The Hall–Kier alpha value is -3.55. The second-order valence-electron chi connectivity index (χ2n) is 11.6. The molecule has 2 saturated heterocycles. The van der Waals surface area contributed by atoms with Crippen molar-refractivity contribution in [1.29, 1.82) is 5.26 Å². The molecule has 1 aromatic carbocycles. The number of benzene rings is 1. The van der Waals surface area contributed by atoms with Gasteiger partial charge in [0.15, 0.2) is 5.65 Å². The average molecular weight is 530 g/mol. The Balaban J connectivity index is 1.13. The Labute approximate surface area is 227 Å². The van der Waals surface area contributed by atoms with Crippen LogP contribution in [0.4, 0.5) is 0 Å². The van der Waals surface area contributed by atoms with Crippen molar-refractivity contribution in [3.05, 3.63) is 52.7 Å². The van der Waals surface area contributed by atoms with E-state index in [4.69, 9.17) is 5.26 Å². The zero-order valence-corrected chi connectivity index (χ0v) is 22.2. The monoisotopic (exact) mass is 529 g/mol. The molecule has 3 aromatic rings. The maximum absolute atomic E-state index is 13.3. The van der Waals surface area contributed by atoms with Gasteiger partial charge in [-0.25, -0.2) is 9.67 Å². The highest BCUT2D eigenvalue weighted by atomic mass is 16.3. The number of rotatable bonds is 7. The van der Waals surface area contributed by atoms with Gasteiger partial charge < -0.3 is 10.0 Å². The molecule has 2 aromatic heterocycles. The van der Waals surface area contributed by atoms with E-state index in [0.29, 0.717) is 49.3 Å². The molecular formula is C29H35N7O3. The number of nitriles is 1. The van der Waals surface area contributed by atoms with E-state index in [1.165, 1.54) is 16.5 Å². The van der Waals surface area contributed by atoms with Crippen LogP contribution in [0.1, 0.15) is 50.5 Å². The summed E-state index contributed by atoms with van der Waals surface area (Å²) >= 11 is 0. The predicted molar refractivity (Wildman–Crippen MR) is 145 cm³/mol. The Morgan fingerprint density at radius 3 is 2.62 bits per heavy atom. The molecule has 0 spiro atoms.